The fourth-order valence-corrected chi connectivity index (χ4v) is 1.95. The topological polar surface area (TPSA) is 29.1 Å². The number of halogens is 2. The molecule has 2 aromatic carbocycles. The molecule has 0 aliphatic heterocycles. The first-order valence-electron chi connectivity index (χ1n) is 5.64. The lowest BCUT2D eigenvalue weighted by molar-refractivity contribution is -0.111. The highest BCUT2D eigenvalue weighted by Crippen LogP contribution is 2.12. The summed E-state index contributed by atoms with van der Waals surface area (Å²) in [6, 6.07) is 14.9. The minimum Gasteiger partial charge on any atom is -0.323 e. The summed E-state index contributed by atoms with van der Waals surface area (Å²) in [7, 11) is 0. The van der Waals surface area contributed by atoms with Crippen LogP contribution >= 0.6 is 34.2 Å². The van der Waals surface area contributed by atoms with Crippen LogP contribution in [0.5, 0.6) is 0 Å². The van der Waals surface area contributed by atoms with E-state index in [1.807, 2.05) is 36.4 Å². The molecule has 0 unspecified atom stereocenters. The molecule has 96 valence electrons. The number of hydrogen-bond donors (Lipinski definition) is 1. The maximum atomic E-state index is 11.7. The van der Waals surface area contributed by atoms with Crippen molar-refractivity contribution in [2.75, 3.05) is 5.32 Å². The van der Waals surface area contributed by atoms with E-state index >= 15 is 0 Å². The van der Waals surface area contributed by atoms with Crippen molar-refractivity contribution in [2.45, 2.75) is 0 Å². The first-order valence-corrected chi connectivity index (χ1v) is 7.09. The second-order valence-corrected chi connectivity index (χ2v) is 5.56. The Hall–Kier alpha value is -1.33. The summed E-state index contributed by atoms with van der Waals surface area (Å²) in [5, 5.41) is 3.48. The van der Waals surface area contributed by atoms with Crippen molar-refractivity contribution in [2.24, 2.45) is 0 Å². The molecule has 4 heteroatoms. The van der Waals surface area contributed by atoms with Crippen molar-refractivity contribution in [3.8, 4) is 0 Å². The lowest BCUT2D eigenvalue weighted by atomic mass is 10.2. The van der Waals surface area contributed by atoms with Crippen LogP contribution in [0.2, 0.25) is 5.02 Å². The Morgan fingerprint density at radius 3 is 2.32 bits per heavy atom. The minimum atomic E-state index is -0.156. The smallest absolute Gasteiger partial charge is 0.248 e. The van der Waals surface area contributed by atoms with Crippen LogP contribution in [0.15, 0.2) is 54.6 Å². The van der Waals surface area contributed by atoms with Gasteiger partial charge in [-0.1, -0.05) is 23.7 Å². The normalized spacial score (nSPS) is 10.6. The lowest BCUT2D eigenvalue weighted by Gasteiger charge is -2.01. The number of hydrogen-bond acceptors (Lipinski definition) is 1. The quantitative estimate of drug-likeness (QED) is 0.609. The van der Waals surface area contributed by atoms with Crippen LogP contribution in [0.1, 0.15) is 5.56 Å². The van der Waals surface area contributed by atoms with E-state index in [2.05, 4.69) is 27.9 Å². The molecular weight excluding hydrogens is 373 g/mol. The summed E-state index contributed by atoms with van der Waals surface area (Å²) in [5.74, 6) is -0.156. The van der Waals surface area contributed by atoms with Gasteiger partial charge >= 0.3 is 0 Å². The SMILES string of the molecule is O=C(/C=C/c1ccc(Cl)cc1)Nc1ccc(I)cc1. The van der Waals surface area contributed by atoms with Gasteiger partial charge in [-0.2, -0.15) is 0 Å². The largest absolute Gasteiger partial charge is 0.323 e. The summed E-state index contributed by atoms with van der Waals surface area (Å²) in [6.45, 7) is 0. The van der Waals surface area contributed by atoms with Crippen molar-refractivity contribution in [1.29, 1.82) is 0 Å². The van der Waals surface area contributed by atoms with Gasteiger partial charge in [0.05, 0.1) is 0 Å². The zero-order valence-electron chi connectivity index (χ0n) is 9.94. The van der Waals surface area contributed by atoms with Crippen molar-refractivity contribution in [3.63, 3.8) is 0 Å². The van der Waals surface area contributed by atoms with Gasteiger partial charge in [0, 0.05) is 20.4 Å². The molecule has 19 heavy (non-hydrogen) atoms. The Morgan fingerprint density at radius 2 is 1.68 bits per heavy atom. The van der Waals surface area contributed by atoms with Gasteiger partial charge in [0.15, 0.2) is 0 Å². The molecule has 0 heterocycles. The van der Waals surface area contributed by atoms with Gasteiger partial charge in [-0.05, 0) is 70.6 Å². The molecule has 0 saturated heterocycles. The number of benzene rings is 2. The van der Waals surface area contributed by atoms with Crippen LogP contribution < -0.4 is 5.32 Å². The summed E-state index contributed by atoms with van der Waals surface area (Å²) in [5.41, 5.74) is 1.72. The second-order valence-electron chi connectivity index (χ2n) is 3.88. The Balaban J connectivity index is 1.97. The fourth-order valence-electron chi connectivity index (χ4n) is 1.46. The van der Waals surface area contributed by atoms with Gasteiger partial charge in [0.2, 0.25) is 5.91 Å². The molecule has 0 aliphatic rings. The van der Waals surface area contributed by atoms with E-state index in [9.17, 15) is 4.79 Å². The maximum absolute atomic E-state index is 11.7. The molecule has 0 radical (unpaired) electrons. The number of nitrogens with one attached hydrogen (secondary N) is 1. The van der Waals surface area contributed by atoms with E-state index < -0.39 is 0 Å². The molecule has 2 nitrogen and oxygen atoms in total. The standard InChI is InChI=1S/C15H11ClINO/c16-12-4-1-11(2-5-12)3-10-15(19)18-14-8-6-13(17)7-9-14/h1-10H,(H,18,19)/b10-3+. The Bertz CT molecular complexity index is 591. The van der Waals surface area contributed by atoms with Gasteiger partial charge in [-0.3, -0.25) is 4.79 Å². The molecule has 2 aromatic rings. The van der Waals surface area contributed by atoms with Crippen LogP contribution in [0.4, 0.5) is 5.69 Å². The van der Waals surface area contributed by atoms with Gasteiger partial charge in [0.1, 0.15) is 0 Å². The van der Waals surface area contributed by atoms with Crippen LogP contribution in [0.25, 0.3) is 6.08 Å². The highest BCUT2D eigenvalue weighted by atomic mass is 127. The van der Waals surface area contributed by atoms with Crippen molar-refractivity contribution >= 4 is 51.9 Å². The third-order valence-corrected chi connectivity index (χ3v) is 3.38. The summed E-state index contributed by atoms with van der Waals surface area (Å²) >= 11 is 8.01. The van der Waals surface area contributed by atoms with Crippen LogP contribution in [0.3, 0.4) is 0 Å². The number of amides is 1. The predicted octanol–water partition coefficient (Wildman–Crippen LogP) is 4.60. The van der Waals surface area contributed by atoms with Crippen molar-refractivity contribution in [3.05, 3.63) is 68.8 Å². The molecule has 2 rings (SSSR count). The second kappa shape index (κ2) is 6.73. The lowest BCUT2D eigenvalue weighted by Crippen LogP contribution is -2.07. The molecule has 0 aromatic heterocycles. The Kier molecular flexibility index (Phi) is 4.99. The van der Waals surface area contributed by atoms with Gasteiger partial charge in [-0.15, -0.1) is 0 Å². The van der Waals surface area contributed by atoms with E-state index in [1.54, 1.807) is 18.2 Å². The predicted molar refractivity (Wildman–Crippen MR) is 88.3 cm³/mol. The van der Waals surface area contributed by atoms with Crippen LogP contribution in [-0.4, -0.2) is 5.91 Å². The number of rotatable bonds is 3. The monoisotopic (exact) mass is 383 g/mol. The summed E-state index contributed by atoms with van der Waals surface area (Å²) < 4.78 is 1.13. The van der Waals surface area contributed by atoms with E-state index in [0.29, 0.717) is 5.02 Å². The fraction of sp³-hybridized carbons (Fsp3) is 0. The van der Waals surface area contributed by atoms with E-state index in [4.69, 9.17) is 11.6 Å². The van der Waals surface area contributed by atoms with Gasteiger partial charge < -0.3 is 5.32 Å². The maximum Gasteiger partial charge on any atom is 0.248 e. The first-order chi connectivity index (χ1) is 9.13. The zero-order chi connectivity index (χ0) is 13.7. The number of carbonyl (C=O) groups excluding carboxylic acids is 1. The number of carbonyl (C=O) groups is 1. The van der Waals surface area contributed by atoms with Gasteiger partial charge in [-0.25, -0.2) is 0 Å². The van der Waals surface area contributed by atoms with Crippen molar-refractivity contribution in [1.82, 2.24) is 0 Å². The third kappa shape index (κ3) is 4.69. The van der Waals surface area contributed by atoms with E-state index in [0.717, 1.165) is 14.8 Å². The molecule has 0 aliphatic carbocycles. The minimum absolute atomic E-state index is 0.156. The van der Waals surface area contributed by atoms with Crippen LogP contribution in [-0.2, 0) is 4.79 Å². The highest BCUT2D eigenvalue weighted by Gasteiger charge is 1.97. The zero-order valence-corrected chi connectivity index (χ0v) is 12.9. The molecule has 1 N–H and O–H groups in total. The summed E-state index contributed by atoms with van der Waals surface area (Å²) in [6.07, 6.45) is 3.25. The van der Waals surface area contributed by atoms with E-state index in [-0.39, 0.29) is 5.91 Å². The van der Waals surface area contributed by atoms with Gasteiger partial charge in [0.25, 0.3) is 0 Å². The Labute approximate surface area is 130 Å². The van der Waals surface area contributed by atoms with E-state index in [1.165, 1.54) is 6.08 Å². The average Bonchev–Trinajstić information content (AvgIpc) is 2.41. The third-order valence-electron chi connectivity index (χ3n) is 2.41. The van der Waals surface area contributed by atoms with Crippen molar-refractivity contribution < 1.29 is 4.79 Å². The average molecular weight is 384 g/mol. The van der Waals surface area contributed by atoms with Crippen LogP contribution in [0, 0.1) is 3.57 Å². The number of anilines is 1. The molecule has 0 atom stereocenters. The first kappa shape index (κ1) is 14.1. The molecule has 0 fully saturated rings. The summed E-state index contributed by atoms with van der Waals surface area (Å²) in [4.78, 5) is 11.7. The molecular formula is C15H11ClINO. The molecule has 0 spiro atoms. The Morgan fingerprint density at radius 1 is 1.05 bits per heavy atom. The molecule has 0 bridgehead atoms. The molecule has 1 amide bonds. The highest BCUT2D eigenvalue weighted by molar-refractivity contribution is 14.1. The molecule has 0 saturated carbocycles.